The Hall–Kier alpha value is -3.55. The van der Waals surface area contributed by atoms with Gasteiger partial charge in [0.05, 0.1) is 17.9 Å². The molecule has 0 unspecified atom stereocenters. The second kappa shape index (κ2) is 9.51. The van der Waals surface area contributed by atoms with Crippen molar-refractivity contribution < 1.29 is 23.9 Å². The Morgan fingerprint density at radius 1 is 1.19 bits per heavy atom. The van der Waals surface area contributed by atoms with Crippen LogP contribution < -0.4 is 25.4 Å². The third kappa shape index (κ3) is 5.14. The van der Waals surface area contributed by atoms with Crippen LogP contribution in [0.15, 0.2) is 42.5 Å². The number of amides is 3. The highest BCUT2D eigenvalue weighted by Crippen LogP contribution is 2.32. The monoisotopic (exact) mass is 425 g/mol. The van der Waals surface area contributed by atoms with E-state index in [9.17, 15) is 14.4 Å². The van der Waals surface area contributed by atoms with E-state index in [0.29, 0.717) is 35.0 Å². The second-order valence-corrected chi connectivity index (χ2v) is 7.57. The average molecular weight is 425 g/mol. The number of para-hydroxylation sites is 1. The number of nitrogens with one attached hydrogen (secondary N) is 3. The maximum absolute atomic E-state index is 12.9. The van der Waals surface area contributed by atoms with E-state index in [1.165, 1.54) is 0 Å². The molecule has 3 rings (SSSR count). The highest BCUT2D eigenvalue weighted by molar-refractivity contribution is 6.03. The standard InChI is InChI=1S/C23H27N3O5/c1-5-30-18-9-7-6-8-16(18)22(28)26-20(13(2)3)23(29)24-15-10-11-19-17(12-15)25-21(27)14(4)31-19/h6-14,20H,5H2,1-4H3,(H,24,29)(H,25,27)(H,26,28)/t14-,20+/m1/s1. The van der Waals surface area contributed by atoms with Crippen molar-refractivity contribution in [1.82, 2.24) is 5.32 Å². The minimum Gasteiger partial charge on any atom is -0.493 e. The molecule has 0 aromatic heterocycles. The second-order valence-electron chi connectivity index (χ2n) is 7.57. The van der Waals surface area contributed by atoms with Gasteiger partial charge in [-0.3, -0.25) is 14.4 Å². The summed E-state index contributed by atoms with van der Waals surface area (Å²) >= 11 is 0. The van der Waals surface area contributed by atoms with E-state index in [4.69, 9.17) is 9.47 Å². The number of benzene rings is 2. The number of carbonyl (C=O) groups excluding carboxylic acids is 3. The maximum atomic E-state index is 12.9. The van der Waals surface area contributed by atoms with Gasteiger partial charge in [0.15, 0.2) is 6.10 Å². The fourth-order valence-corrected chi connectivity index (χ4v) is 3.20. The number of carbonyl (C=O) groups is 3. The van der Waals surface area contributed by atoms with Gasteiger partial charge in [-0.25, -0.2) is 0 Å². The third-order valence-electron chi connectivity index (χ3n) is 4.85. The number of anilines is 2. The number of fused-ring (bicyclic) bond motifs is 1. The van der Waals surface area contributed by atoms with Crippen molar-refractivity contribution in [3.05, 3.63) is 48.0 Å². The molecule has 2 atom stereocenters. The molecule has 2 aromatic rings. The Morgan fingerprint density at radius 2 is 1.94 bits per heavy atom. The lowest BCUT2D eigenvalue weighted by atomic mass is 10.0. The summed E-state index contributed by atoms with van der Waals surface area (Å²) in [7, 11) is 0. The van der Waals surface area contributed by atoms with Crippen LogP contribution in [0.25, 0.3) is 0 Å². The van der Waals surface area contributed by atoms with Crippen molar-refractivity contribution >= 4 is 29.1 Å². The van der Waals surface area contributed by atoms with Crippen LogP contribution in [-0.4, -0.2) is 36.5 Å². The predicted molar refractivity (Wildman–Crippen MR) is 117 cm³/mol. The van der Waals surface area contributed by atoms with Gasteiger partial charge in [0.25, 0.3) is 11.8 Å². The van der Waals surface area contributed by atoms with E-state index in [2.05, 4.69) is 16.0 Å². The van der Waals surface area contributed by atoms with Crippen LogP contribution in [0.2, 0.25) is 0 Å². The third-order valence-corrected chi connectivity index (χ3v) is 4.85. The molecule has 164 valence electrons. The van der Waals surface area contributed by atoms with Crippen molar-refractivity contribution in [2.45, 2.75) is 39.8 Å². The van der Waals surface area contributed by atoms with E-state index in [0.717, 1.165) is 0 Å². The summed E-state index contributed by atoms with van der Waals surface area (Å²) in [6, 6.07) is 11.1. The maximum Gasteiger partial charge on any atom is 0.265 e. The zero-order chi connectivity index (χ0) is 22.5. The predicted octanol–water partition coefficient (Wildman–Crippen LogP) is 3.20. The Labute approximate surface area is 181 Å². The summed E-state index contributed by atoms with van der Waals surface area (Å²) in [4.78, 5) is 37.6. The first-order valence-corrected chi connectivity index (χ1v) is 10.2. The van der Waals surface area contributed by atoms with E-state index in [1.54, 1.807) is 49.4 Å². The molecule has 0 saturated carbocycles. The first kappa shape index (κ1) is 22.1. The van der Waals surface area contributed by atoms with E-state index < -0.39 is 18.1 Å². The highest BCUT2D eigenvalue weighted by Gasteiger charge is 2.27. The molecule has 31 heavy (non-hydrogen) atoms. The lowest BCUT2D eigenvalue weighted by molar-refractivity contribution is -0.122. The van der Waals surface area contributed by atoms with Gasteiger partial charge in [-0.15, -0.1) is 0 Å². The van der Waals surface area contributed by atoms with Crippen LogP contribution in [0.3, 0.4) is 0 Å². The first-order valence-electron chi connectivity index (χ1n) is 10.2. The van der Waals surface area contributed by atoms with Gasteiger partial charge in [0.1, 0.15) is 17.5 Å². The number of ether oxygens (including phenoxy) is 2. The van der Waals surface area contributed by atoms with Crippen LogP contribution in [0, 0.1) is 5.92 Å². The van der Waals surface area contributed by atoms with Gasteiger partial charge >= 0.3 is 0 Å². The summed E-state index contributed by atoms with van der Waals surface area (Å²) in [5, 5.41) is 8.35. The summed E-state index contributed by atoms with van der Waals surface area (Å²) < 4.78 is 11.0. The number of hydrogen-bond donors (Lipinski definition) is 3. The SMILES string of the molecule is CCOc1ccccc1C(=O)N[C@H](C(=O)Nc1ccc2c(c1)NC(=O)[C@@H](C)O2)C(C)C. The molecule has 3 N–H and O–H groups in total. The van der Waals surface area contributed by atoms with Crippen molar-refractivity contribution in [1.29, 1.82) is 0 Å². The molecule has 3 amide bonds. The summed E-state index contributed by atoms with van der Waals surface area (Å²) in [5.74, 6) is -0.177. The van der Waals surface area contributed by atoms with Gasteiger partial charge in [0.2, 0.25) is 5.91 Å². The van der Waals surface area contributed by atoms with E-state index in [1.807, 2.05) is 20.8 Å². The number of rotatable bonds is 7. The van der Waals surface area contributed by atoms with Gasteiger partial charge in [0, 0.05) is 5.69 Å². The van der Waals surface area contributed by atoms with Crippen LogP contribution in [0.4, 0.5) is 11.4 Å². The lowest BCUT2D eigenvalue weighted by Gasteiger charge is -2.25. The van der Waals surface area contributed by atoms with Crippen molar-refractivity contribution in [2.24, 2.45) is 5.92 Å². The van der Waals surface area contributed by atoms with Crippen LogP contribution in [0.5, 0.6) is 11.5 Å². The minimum absolute atomic E-state index is 0.162. The summed E-state index contributed by atoms with van der Waals surface area (Å²) in [5.41, 5.74) is 1.33. The highest BCUT2D eigenvalue weighted by atomic mass is 16.5. The molecule has 2 aromatic carbocycles. The molecule has 1 aliphatic rings. The fourth-order valence-electron chi connectivity index (χ4n) is 3.20. The lowest BCUT2D eigenvalue weighted by Crippen LogP contribution is -2.47. The zero-order valence-electron chi connectivity index (χ0n) is 18.0. The molecule has 0 fully saturated rings. The van der Waals surface area contributed by atoms with Crippen LogP contribution in [0.1, 0.15) is 38.1 Å². The molecule has 0 bridgehead atoms. The van der Waals surface area contributed by atoms with Crippen molar-refractivity contribution in [2.75, 3.05) is 17.2 Å². The van der Waals surface area contributed by atoms with Gasteiger partial charge in [-0.05, 0) is 50.1 Å². The molecular formula is C23H27N3O5. The molecule has 8 heteroatoms. The van der Waals surface area contributed by atoms with E-state index >= 15 is 0 Å². The largest absolute Gasteiger partial charge is 0.493 e. The topological polar surface area (TPSA) is 106 Å². The number of hydrogen-bond acceptors (Lipinski definition) is 5. The summed E-state index contributed by atoms with van der Waals surface area (Å²) in [6.07, 6.45) is -0.576. The molecule has 1 heterocycles. The normalized spacial score (nSPS) is 15.9. The molecular weight excluding hydrogens is 398 g/mol. The summed E-state index contributed by atoms with van der Waals surface area (Å²) in [6.45, 7) is 7.62. The minimum atomic E-state index is -0.774. The van der Waals surface area contributed by atoms with E-state index in [-0.39, 0.29) is 17.7 Å². The Balaban J connectivity index is 1.74. The van der Waals surface area contributed by atoms with Gasteiger partial charge in [-0.1, -0.05) is 26.0 Å². The van der Waals surface area contributed by atoms with Crippen molar-refractivity contribution in [3.63, 3.8) is 0 Å². The quantitative estimate of drug-likeness (QED) is 0.632. The molecule has 0 aliphatic carbocycles. The molecule has 0 spiro atoms. The van der Waals surface area contributed by atoms with Crippen LogP contribution >= 0.6 is 0 Å². The zero-order valence-corrected chi connectivity index (χ0v) is 18.0. The average Bonchev–Trinajstić information content (AvgIpc) is 2.73. The van der Waals surface area contributed by atoms with Crippen molar-refractivity contribution in [3.8, 4) is 11.5 Å². The van der Waals surface area contributed by atoms with Gasteiger partial charge < -0.3 is 25.4 Å². The molecule has 0 radical (unpaired) electrons. The molecule has 0 saturated heterocycles. The Morgan fingerprint density at radius 3 is 2.65 bits per heavy atom. The van der Waals surface area contributed by atoms with Crippen LogP contribution in [-0.2, 0) is 9.59 Å². The Kier molecular flexibility index (Phi) is 6.79. The molecule has 8 nitrogen and oxygen atoms in total. The van der Waals surface area contributed by atoms with Gasteiger partial charge in [-0.2, -0.15) is 0 Å². The molecule has 1 aliphatic heterocycles. The fraction of sp³-hybridized carbons (Fsp3) is 0.348. The smallest absolute Gasteiger partial charge is 0.265 e. The Bertz CT molecular complexity index is 989. The first-order chi connectivity index (χ1) is 14.8.